The normalized spacial score (nSPS) is 11.6. The summed E-state index contributed by atoms with van der Waals surface area (Å²) in [5.74, 6) is -0.438. The van der Waals surface area contributed by atoms with Crippen molar-refractivity contribution in [1.29, 1.82) is 0 Å². The Morgan fingerprint density at radius 3 is 2.21 bits per heavy atom. The Balaban J connectivity index is 1.99. The third-order valence-corrected chi connectivity index (χ3v) is 4.56. The summed E-state index contributed by atoms with van der Waals surface area (Å²) in [5, 5.41) is 14.3. The number of hydrogen-bond donors (Lipinski definition) is 1. The van der Waals surface area contributed by atoms with Crippen LogP contribution in [0.2, 0.25) is 5.02 Å². The van der Waals surface area contributed by atoms with E-state index in [-0.39, 0.29) is 10.6 Å². The van der Waals surface area contributed by atoms with Crippen molar-refractivity contribution in [2.24, 2.45) is 0 Å². The van der Waals surface area contributed by atoms with Crippen LogP contribution in [0, 0.1) is 15.9 Å². The second-order valence-corrected chi connectivity index (χ2v) is 6.59. The lowest BCUT2D eigenvalue weighted by atomic mass is 9.98. The predicted molar refractivity (Wildman–Crippen MR) is 107 cm³/mol. The van der Waals surface area contributed by atoms with Crippen molar-refractivity contribution in [3.05, 3.63) is 104 Å². The number of nitrogens with zero attached hydrogens (tertiary/aromatic N) is 1. The van der Waals surface area contributed by atoms with Crippen LogP contribution in [0.15, 0.2) is 66.7 Å². The minimum absolute atomic E-state index is 0.125. The third kappa shape index (κ3) is 4.70. The van der Waals surface area contributed by atoms with Crippen molar-refractivity contribution < 1.29 is 18.8 Å². The Morgan fingerprint density at radius 1 is 1.07 bits per heavy atom. The number of nitro groups is 1. The van der Waals surface area contributed by atoms with Crippen LogP contribution in [0.5, 0.6) is 5.75 Å². The molecule has 1 N–H and O–H groups in total. The summed E-state index contributed by atoms with van der Waals surface area (Å²) in [7, 11) is 1.54. The molecule has 0 heterocycles. The van der Waals surface area contributed by atoms with E-state index in [1.165, 1.54) is 31.4 Å². The smallest absolute Gasteiger partial charge is 0.283 e. The molecule has 0 aromatic heterocycles. The number of ether oxygens (including phenoxy) is 1. The zero-order chi connectivity index (χ0) is 21.0. The number of nitro benzene ring substituents is 1. The number of benzene rings is 3. The number of hydrogen-bond acceptors (Lipinski definition) is 4. The van der Waals surface area contributed by atoms with Gasteiger partial charge in [0.1, 0.15) is 17.1 Å². The Bertz CT molecular complexity index is 1040. The van der Waals surface area contributed by atoms with Gasteiger partial charge < -0.3 is 10.1 Å². The number of halogens is 2. The topological polar surface area (TPSA) is 81.5 Å². The molecule has 0 radical (unpaired) electrons. The molecule has 29 heavy (non-hydrogen) atoms. The zero-order valence-corrected chi connectivity index (χ0v) is 16.0. The molecule has 8 heteroatoms. The average molecular weight is 415 g/mol. The largest absolute Gasteiger partial charge is 0.497 e. The van der Waals surface area contributed by atoms with Crippen molar-refractivity contribution >= 4 is 23.2 Å². The summed E-state index contributed by atoms with van der Waals surface area (Å²) in [6.07, 6.45) is 0. The molecule has 0 saturated carbocycles. The monoisotopic (exact) mass is 414 g/mol. The Kier molecular flexibility index (Phi) is 6.09. The van der Waals surface area contributed by atoms with Gasteiger partial charge in [0.2, 0.25) is 0 Å². The first-order valence-electron chi connectivity index (χ1n) is 8.53. The quantitative estimate of drug-likeness (QED) is 0.458. The molecule has 1 atom stereocenters. The fourth-order valence-corrected chi connectivity index (χ4v) is 3.03. The van der Waals surface area contributed by atoms with Gasteiger partial charge in [-0.05, 0) is 47.5 Å². The number of carbonyl (C=O) groups is 1. The SMILES string of the molecule is COc1ccc(C(NC(=O)c2ccc(Cl)cc2[N+](=O)[O-])c2ccc(F)cc2)cc1. The molecule has 0 bridgehead atoms. The maximum Gasteiger partial charge on any atom is 0.283 e. The summed E-state index contributed by atoms with van der Waals surface area (Å²) in [6, 6.07) is 15.8. The van der Waals surface area contributed by atoms with Gasteiger partial charge in [-0.2, -0.15) is 0 Å². The molecular formula is C21H16ClFN2O4. The lowest BCUT2D eigenvalue weighted by Gasteiger charge is -2.20. The highest BCUT2D eigenvalue weighted by molar-refractivity contribution is 6.31. The third-order valence-electron chi connectivity index (χ3n) is 4.33. The standard InChI is InChI=1S/C21H16ClFN2O4/c1-29-17-9-4-14(5-10-17)20(13-2-7-16(23)8-3-13)24-21(26)18-11-6-15(22)12-19(18)25(27)28/h2-12,20H,1H3,(H,24,26). The number of rotatable bonds is 6. The summed E-state index contributed by atoms with van der Waals surface area (Å²) >= 11 is 5.82. The van der Waals surface area contributed by atoms with Crippen molar-refractivity contribution in [3.8, 4) is 5.75 Å². The van der Waals surface area contributed by atoms with E-state index in [0.717, 1.165) is 6.07 Å². The van der Waals surface area contributed by atoms with Crippen LogP contribution < -0.4 is 10.1 Å². The fourth-order valence-electron chi connectivity index (χ4n) is 2.87. The number of carbonyl (C=O) groups excluding carboxylic acids is 1. The number of amides is 1. The Hall–Kier alpha value is -3.45. The lowest BCUT2D eigenvalue weighted by molar-refractivity contribution is -0.385. The second kappa shape index (κ2) is 8.70. The first kappa shape index (κ1) is 20.3. The van der Waals surface area contributed by atoms with E-state index in [0.29, 0.717) is 16.9 Å². The minimum atomic E-state index is -0.666. The molecule has 6 nitrogen and oxygen atoms in total. The molecule has 3 aromatic rings. The second-order valence-electron chi connectivity index (χ2n) is 6.15. The summed E-state index contributed by atoms with van der Waals surface area (Å²) in [6.45, 7) is 0. The molecule has 3 rings (SSSR count). The molecule has 0 fully saturated rings. The van der Waals surface area contributed by atoms with Gasteiger partial charge in [-0.3, -0.25) is 14.9 Å². The molecule has 148 valence electrons. The first-order chi connectivity index (χ1) is 13.9. The predicted octanol–water partition coefficient (Wildman–Crippen LogP) is 4.92. The highest BCUT2D eigenvalue weighted by Gasteiger charge is 2.24. The van der Waals surface area contributed by atoms with E-state index in [2.05, 4.69) is 5.32 Å². The van der Waals surface area contributed by atoms with Crippen molar-refractivity contribution in [3.63, 3.8) is 0 Å². The van der Waals surface area contributed by atoms with Crippen LogP contribution in [-0.4, -0.2) is 17.9 Å². The number of methoxy groups -OCH3 is 1. The van der Waals surface area contributed by atoms with Gasteiger partial charge in [-0.15, -0.1) is 0 Å². The fraction of sp³-hybridized carbons (Fsp3) is 0.0952. The molecular weight excluding hydrogens is 399 g/mol. The molecule has 1 unspecified atom stereocenters. The van der Waals surface area contributed by atoms with E-state index in [9.17, 15) is 19.3 Å². The maximum absolute atomic E-state index is 13.4. The molecule has 1 amide bonds. The van der Waals surface area contributed by atoms with Crippen LogP contribution in [0.25, 0.3) is 0 Å². The van der Waals surface area contributed by atoms with Gasteiger partial charge in [-0.1, -0.05) is 35.9 Å². The molecule has 0 aliphatic rings. The number of nitrogens with one attached hydrogen (secondary N) is 1. The highest BCUT2D eigenvalue weighted by atomic mass is 35.5. The summed E-state index contributed by atoms with van der Waals surface area (Å²) in [5.41, 5.74) is 0.784. The van der Waals surface area contributed by atoms with E-state index < -0.39 is 28.4 Å². The zero-order valence-electron chi connectivity index (χ0n) is 15.3. The van der Waals surface area contributed by atoms with Gasteiger partial charge in [-0.25, -0.2) is 4.39 Å². The van der Waals surface area contributed by atoms with Gasteiger partial charge in [0.05, 0.1) is 18.1 Å². The molecule has 0 spiro atoms. The van der Waals surface area contributed by atoms with Crippen LogP contribution >= 0.6 is 11.6 Å². The van der Waals surface area contributed by atoms with E-state index in [4.69, 9.17) is 16.3 Å². The summed E-state index contributed by atoms with van der Waals surface area (Å²) < 4.78 is 18.5. The van der Waals surface area contributed by atoms with Crippen LogP contribution in [0.1, 0.15) is 27.5 Å². The highest BCUT2D eigenvalue weighted by Crippen LogP contribution is 2.27. The minimum Gasteiger partial charge on any atom is -0.497 e. The Morgan fingerprint density at radius 2 is 1.66 bits per heavy atom. The van der Waals surface area contributed by atoms with Crippen LogP contribution in [0.4, 0.5) is 10.1 Å². The molecule has 0 aliphatic carbocycles. The van der Waals surface area contributed by atoms with E-state index in [1.54, 1.807) is 36.4 Å². The van der Waals surface area contributed by atoms with Crippen LogP contribution in [0.3, 0.4) is 0 Å². The first-order valence-corrected chi connectivity index (χ1v) is 8.91. The van der Waals surface area contributed by atoms with Gasteiger partial charge in [0.25, 0.3) is 11.6 Å². The van der Waals surface area contributed by atoms with Crippen molar-refractivity contribution in [2.45, 2.75) is 6.04 Å². The van der Waals surface area contributed by atoms with Crippen molar-refractivity contribution in [1.82, 2.24) is 5.32 Å². The Labute approximate surface area is 171 Å². The van der Waals surface area contributed by atoms with E-state index in [1.807, 2.05) is 0 Å². The molecule has 0 aliphatic heterocycles. The average Bonchev–Trinajstić information content (AvgIpc) is 2.72. The van der Waals surface area contributed by atoms with Gasteiger partial charge in [0, 0.05) is 11.1 Å². The molecule has 0 saturated heterocycles. The van der Waals surface area contributed by atoms with Crippen LogP contribution in [-0.2, 0) is 0 Å². The van der Waals surface area contributed by atoms with Gasteiger partial charge >= 0.3 is 0 Å². The molecule has 3 aromatic carbocycles. The van der Waals surface area contributed by atoms with Gasteiger partial charge in [0.15, 0.2) is 0 Å². The lowest BCUT2D eigenvalue weighted by Crippen LogP contribution is -2.29. The van der Waals surface area contributed by atoms with Crippen molar-refractivity contribution in [2.75, 3.05) is 7.11 Å². The maximum atomic E-state index is 13.4. The summed E-state index contributed by atoms with van der Waals surface area (Å²) in [4.78, 5) is 23.5. The van der Waals surface area contributed by atoms with E-state index >= 15 is 0 Å².